The number of aryl methyl sites for hydroxylation is 2. The van der Waals surface area contributed by atoms with Crippen LogP contribution in [0.2, 0.25) is 0 Å². The van der Waals surface area contributed by atoms with Crippen LogP contribution in [0.3, 0.4) is 0 Å². The normalized spacial score (nSPS) is 11.4. The maximum atomic E-state index is 2.53. The summed E-state index contributed by atoms with van der Waals surface area (Å²) in [7, 11) is 0. The highest BCUT2D eigenvalue weighted by Gasteiger charge is 2.06. The van der Waals surface area contributed by atoms with Crippen molar-refractivity contribution in [2.45, 2.75) is 52.4 Å². The van der Waals surface area contributed by atoms with Crippen molar-refractivity contribution in [2.75, 3.05) is 0 Å². The zero-order valence-corrected chi connectivity index (χ0v) is 45.8. The van der Waals surface area contributed by atoms with Crippen molar-refractivity contribution in [3.63, 3.8) is 0 Å². The Morgan fingerprint density at radius 3 is 0.487 bits per heavy atom. The van der Waals surface area contributed by atoms with Crippen LogP contribution in [0.1, 0.15) is 50.7 Å². The van der Waals surface area contributed by atoms with Crippen molar-refractivity contribution in [2.24, 2.45) is 0 Å². The number of hydrogen-bond acceptors (Lipinski definition) is 0. The molecule has 0 spiro atoms. The molecule has 13 aliphatic rings. The summed E-state index contributed by atoms with van der Waals surface area (Å²) in [5.41, 5.74) is 2.99. The van der Waals surface area contributed by atoms with E-state index in [1.54, 1.807) is 0 Å². The maximum Gasteiger partial charge on any atom is -0.0102 e. The minimum absolute atomic E-state index is 1.10. The summed E-state index contributed by atoms with van der Waals surface area (Å²) in [4.78, 5) is 0. The van der Waals surface area contributed by atoms with Gasteiger partial charge in [0.2, 0.25) is 0 Å². The molecule has 16 bridgehead atoms. The second-order valence-corrected chi connectivity index (χ2v) is 21.6. The molecule has 0 atom stereocenters. The summed E-state index contributed by atoms with van der Waals surface area (Å²) in [6, 6.07) is 104. The van der Waals surface area contributed by atoms with Crippen LogP contribution in [0.5, 0.6) is 0 Å². The van der Waals surface area contributed by atoms with Gasteiger partial charge >= 0.3 is 0 Å². The molecule has 80 heavy (non-hydrogen) atoms. The fourth-order valence-electron chi connectivity index (χ4n) is 12.1. The Bertz CT molecular complexity index is 5130. The van der Waals surface area contributed by atoms with E-state index in [1.807, 2.05) is 0 Å². The van der Waals surface area contributed by atoms with Crippen LogP contribution in [0, 0.1) is 125 Å². The van der Waals surface area contributed by atoms with E-state index < -0.39 is 0 Å². The molecule has 0 unspecified atom stereocenters. The summed E-state index contributed by atoms with van der Waals surface area (Å²) in [5.74, 6) is 0. The zero-order valence-electron chi connectivity index (χ0n) is 45.8. The molecular weight excluding hydrogens is 961 g/mol. The van der Waals surface area contributed by atoms with Crippen LogP contribution in [0.4, 0.5) is 0 Å². The predicted octanol–water partition coefficient (Wildman–Crippen LogP) is 18.1. The summed E-state index contributed by atoms with van der Waals surface area (Å²) < 4.78 is 0. The van der Waals surface area contributed by atoms with Crippen molar-refractivity contribution in [3.05, 3.63) is 415 Å². The van der Waals surface area contributed by atoms with Crippen LogP contribution in [0.25, 0.3) is 0 Å². The Hall–Kier alpha value is -9.36. The third-order valence-corrected chi connectivity index (χ3v) is 16.6. The van der Waals surface area contributed by atoms with Crippen LogP contribution < -0.4 is 0 Å². The summed E-state index contributed by atoms with van der Waals surface area (Å²) in [6.07, 6.45) is 6.95. The monoisotopic (exact) mass is 1020 g/mol. The van der Waals surface area contributed by atoms with E-state index in [0.29, 0.717) is 0 Å². The van der Waals surface area contributed by atoms with Crippen molar-refractivity contribution in [3.8, 4) is 0 Å². The molecular formula is C80H64. The van der Waals surface area contributed by atoms with E-state index in [4.69, 9.17) is 0 Å². The van der Waals surface area contributed by atoms with E-state index in [-0.39, 0.29) is 0 Å². The second kappa shape index (κ2) is 22.5. The largest absolute Gasteiger partial charge is 0.0654 e. The molecule has 0 amide bonds. The van der Waals surface area contributed by atoms with Crippen molar-refractivity contribution >= 4 is 0 Å². The molecule has 13 aliphatic carbocycles. The molecule has 0 nitrogen and oxygen atoms in total. The van der Waals surface area contributed by atoms with Gasteiger partial charge in [0, 0.05) is 0 Å². The highest BCUT2D eigenvalue weighted by molar-refractivity contribution is 5.35. The molecule has 0 saturated carbocycles. The first-order valence-electron chi connectivity index (χ1n) is 28.8. The quantitative estimate of drug-likeness (QED) is 0.156. The number of rotatable bonds is 6. The Balaban J connectivity index is 1.08. The second-order valence-electron chi connectivity index (χ2n) is 21.6. The van der Waals surface area contributed by atoms with Gasteiger partial charge in [0.05, 0.1) is 0 Å². The van der Waals surface area contributed by atoms with Crippen LogP contribution >= 0.6 is 0 Å². The molecule has 25 rings (SSSR count). The van der Waals surface area contributed by atoms with Gasteiger partial charge in [-0.05, 0) is 162 Å². The van der Waals surface area contributed by atoms with Gasteiger partial charge in [-0.2, -0.15) is 0 Å². The lowest BCUT2D eigenvalue weighted by Crippen LogP contribution is -1.97. The molecule has 12 aromatic rings. The van der Waals surface area contributed by atoms with Gasteiger partial charge in [-0.3, -0.25) is 0 Å². The van der Waals surface area contributed by atoms with Gasteiger partial charge in [-0.15, -0.1) is 0 Å². The maximum absolute atomic E-state index is 2.53. The first kappa shape index (κ1) is 50.2. The summed E-state index contributed by atoms with van der Waals surface area (Å²) in [6.45, 7) is 4.61. The summed E-state index contributed by atoms with van der Waals surface area (Å²) in [5, 5.41) is 29.3. The lowest BCUT2D eigenvalue weighted by Gasteiger charge is -2.11. The molecule has 0 aromatic heterocycles. The van der Waals surface area contributed by atoms with E-state index in [1.165, 1.54) is 162 Å². The molecule has 0 saturated heterocycles. The van der Waals surface area contributed by atoms with Crippen LogP contribution in [-0.4, -0.2) is 0 Å². The molecule has 0 heteroatoms. The van der Waals surface area contributed by atoms with Crippen LogP contribution in [0.15, 0.2) is 279 Å². The van der Waals surface area contributed by atoms with Gasteiger partial charge < -0.3 is 0 Å². The van der Waals surface area contributed by atoms with Crippen molar-refractivity contribution in [1.82, 2.24) is 0 Å². The molecule has 0 radical (unpaired) electrons. The SMILES string of the molecule is CCCCc1cc2c(cc1CCCC)=c1ccc(cc1)=c1ccc(cc1)=c1ccccc1=c1ccc(cc1)=c1ccc(cc1)=c1ccccc1=c1ccc(cc1)=c1ccc(cc1)=c1ccccc1=c1ccc(cc1)=c1ccc=2cc1. The third-order valence-electron chi connectivity index (χ3n) is 16.6. The van der Waals surface area contributed by atoms with E-state index in [9.17, 15) is 0 Å². The topological polar surface area (TPSA) is 0 Å². The van der Waals surface area contributed by atoms with Gasteiger partial charge in [0.25, 0.3) is 0 Å². The van der Waals surface area contributed by atoms with Gasteiger partial charge in [0.15, 0.2) is 0 Å². The number of hydrogen-bond donors (Lipinski definition) is 0. The Morgan fingerprint density at radius 1 is 0.175 bits per heavy atom. The number of unbranched alkanes of at least 4 members (excludes halogenated alkanes) is 2. The first-order chi connectivity index (χ1) is 39.5. The minimum atomic E-state index is 1.10. The van der Waals surface area contributed by atoms with E-state index in [2.05, 4.69) is 293 Å². The minimum Gasteiger partial charge on any atom is -0.0654 e. The van der Waals surface area contributed by atoms with Crippen molar-refractivity contribution in [1.29, 1.82) is 0 Å². The Labute approximate surface area is 465 Å². The molecule has 0 fully saturated rings. The Kier molecular flexibility index (Phi) is 14.1. The number of benzene rings is 12. The highest BCUT2D eigenvalue weighted by Crippen LogP contribution is 2.20. The van der Waals surface area contributed by atoms with Gasteiger partial charge in [-0.25, -0.2) is 0 Å². The third kappa shape index (κ3) is 10.2. The zero-order chi connectivity index (χ0) is 53.8. The van der Waals surface area contributed by atoms with E-state index in [0.717, 1.165) is 12.8 Å². The van der Waals surface area contributed by atoms with Crippen LogP contribution in [-0.2, 0) is 12.8 Å². The summed E-state index contributed by atoms with van der Waals surface area (Å²) >= 11 is 0. The first-order valence-corrected chi connectivity index (χ1v) is 28.8. The van der Waals surface area contributed by atoms with E-state index >= 15 is 0 Å². The lowest BCUT2D eigenvalue weighted by molar-refractivity contribution is 0.757. The molecule has 0 N–H and O–H groups in total. The van der Waals surface area contributed by atoms with Gasteiger partial charge in [-0.1, -0.05) is 306 Å². The van der Waals surface area contributed by atoms with Gasteiger partial charge in [0.1, 0.15) is 0 Å². The standard InChI is InChI=1S/C80H64/c1-3-5-13-71-53-79-69-49-33-61(34-50-69)59-29-45-67(46-30-59)77-19-11-9-17-75(77)65-41-25-57(26-42-65)55-21-37-63(38-22-55)73-15-7-8-16-74(73)64-39-23-56(24-40-64)58-27-43-66(44-28-58)76-18-10-12-20-78(76)68-47-31-60(32-48-68)62-35-51-70(52-36-62)80(79)54-72(71)14-6-4-2/h7-12,15-54H,3-6,13-14H2,1-2H3. The van der Waals surface area contributed by atoms with Crippen molar-refractivity contribution < 1.29 is 0 Å². The molecule has 0 heterocycles. The highest BCUT2D eigenvalue weighted by atomic mass is 14.1. The molecule has 12 aromatic carbocycles. The average molecular weight is 1030 g/mol. The lowest BCUT2D eigenvalue weighted by atomic mass is 9.94. The molecule has 0 aliphatic heterocycles. The predicted molar refractivity (Wildman–Crippen MR) is 327 cm³/mol. The smallest absolute Gasteiger partial charge is 0.0102 e. The fourth-order valence-corrected chi connectivity index (χ4v) is 12.1. The average Bonchev–Trinajstić information content (AvgIpc) is 3.55. The molecule has 384 valence electrons. The Morgan fingerprint density at radius 2 is 0.325 bits per heavy atom. The fraction of sp³-hybridized carbons (Fsp3) is 0.100.